The number of nitrogens with two attached hydrogens (primary N) is 1. The van der Waals surface area contributed by atoms with Crippen molar-refractivity contribution in [2.45, 2.75) is 4.90 Å². The highest BCUT2D eigenvalue weighted by Crippen LogP contribution is 2.11. The fraction of sp³-hybridized carbons (Fsp3) is 0.143. The van der Waals surface area contributed by atoms with Gasteiger partial charge in [-0.2, -0.15) is 0 Å². The molecule has 0 amide bonds. The van der Waals surface area contributed by atoms with Crippen LogP contribution in [0.2, 0.25) is 0 Å². The molecule has 0 atom stereocenters. The van der Waals surface area contributed by atoms with Crippen LogP contribution in [0.5, 0.6) is 0 Å². The molecule has 0 aliphatic rings. The molecule has 0 fully saturated rings. The Morgan fingerprint density at radius 1 is 1.62 bits per heavy atom. The number of rotatable bonds is 2. The van der Waals surface area contributed by atoms with Gasteiger partial charge in [-0.25, -0.2) is 8.42 Å². The fourth-order valence-corrected chi connectivity index (χ4v) is 1.73. The Kier molecular flexibility index (Phi) is 2.33. The molecule has 1 aromatic rings. The smallest absolute Gasteiger partial charge is 0.177 e. The molecule has 1 aromatic heterocycles. The molecule has 0 saturated heterocycles. The Balaban J connectivity index is 3.46. The SMILES string of the molecule is CS(=O)(=O)c1cccnc1C(=N)N. The molecule has 3 N–H and O–H groups in total. The van der Waals surface area contributed by atoms with Crippen molar-refractivity contribution in [1.82, 2.24) is 4.98 Å². The number of nitrogens with one attached hydrogen (secondary N) is 1. The zero-order chi connectivity index (χ0) is 10.1. The summed E-state index contributed by atoms with van der Waals surface area (Å²) in [6.45, 7) is 0. The van der Waals surface area contributed by atoms with Gasteiger partial charge in [0, 0.05) is 12.5 Å². The standard InChI is InChI=1S/C7H9N3O2S/c1-13(11,12)5-3-2-4-10-6(5)7(8)9/h2-4H,1H3,(H3,8,9). The van der Waals surface area contributed by atoms with Gasteiger partial charge in [0.05, 0.1) is 4.90 Å². The molecule has 0 aliphatic carbocycles. The normalized spacial score (nSPS) is 11.2. The second-order valence-corrected chi connectivity index (χ2v) is 4.52. The van der Waals surface area contributed by atoms with Crippen molar-refractivity contribution in [3.8, 4) is 0 Å². The van der Waals surface area contributed by atoms with E-state index in [1.165, 1.54) is 18.3 Å². The highest BCUT2D eigenvalue weighted by Gasteiger charge is 2.15. The van der Waals surface area contributed by atoms with Crippen LogP contribution in [-0.4, -0.2) is 25.5 Å². The van der Waals surface area contributed by atoms with E-state index in [-0.39, 0.29) is 16.4 Å². The van der Waals surface area contributed by atoms with Crippen LogP contribution in [0, 0.1) is 5.41 Å². The Morgan fingerprint density at radius 2 is 2.23 bits per heavy atom. The van der Waals surface area contributed by atoms with E-state index in [4.69, 9.17) is 11.1 Å². The van der Waals surface area contributed by atoms with Gasteiger partial charge in [0.25, 0.3) is 0 Å². The predicted octanol–water partition coefficient (Wildman–Crippen LogP) is -0.231. The first-order chi connectivity index (χ1) is 5.93. The predicted molar refractivity (Wildman–Crippen MR) is 48.4 cm³/mol. The summed E-state index contributed by atoms with van der Waals surface area (Å²) >= 11 is 0. The highest BCUT2D eigenvalue weighted by molar-refractivity contribution is 7.90. The molecule has 1 heterocycles. The number of pyridine rings is 1. The molecule has 0 unspecified atom stereocenters. The lowest BCUT2D eigenvalue weighted by atomic mass is 10.3. The number of hydrogen-bond donors (Lipinski definition) is 2. The van der Waals surface area contributed by atoms with Crippen molar-refractivity contribution < 1.29 is 8.42 Å². The molecule has 0 spiro atoms. The summed E-state index contributed by atoms with van der Waals surface area (Å²) in [7, 11) is -3.36. The fourth-order valence-electron chi connectivity index (χ4n) is 0.892. The van der Waals surface area contributed by atoms with Crippen LogP contribution in [0.3, 0.4) is 0 Å². The van der Waals surface area contributed by atoms with Gasteiger partial charge in [0.1, 0.15) is 11.5 Å². The van der Waals surface area contributed by atoms with Crippen LogP contribution in [0.1, 0.15) is 5.69 Å². The van der Waals surface area contributed by atoms with Crippen molar-refractivity contribution in [2.75, 3.05) is 6.26 Å². The van der Waals surface area contributed by atoms with Gasteiger partial charge in [-0.1, -0.05) is 0 Å². The first-order valence-electron chi connectivity index (χ1n) is 3.42. The van der Waals surface area contributed by atoms with Gasteiger partial charge in [0.2, 0.25) is 0 Å². The Morgan fingerprint density at radius 3 is 2.62 bits per heavy atom. The summed E-state index contributed by atoms with van der Waals surface area (Å²) < 4.78 is 22.3. The van der Waals surface area contributed by atoms with E-state index in [1.54, 1.807) is 0 Å². The molecule has 0 bridgehead atoms. The maximum atomic E-state index is 11.2. The van der Waals surface area contributed by atoms with E-state index in [0.29, 0.717) is 0 Å². The van der Waals surface area contributed by atoms with Crippen LogP contribution >= 0.6 is 0 Å². The lowest BCUT2D eigenvalue weighted by molar-refractivity contribution is 0.601. The van der Waals surface area contributed by atoms with E-state index < -0.39 is 9.84 Å². The van der Waals surface area contributed by atoms with Crippen LogP contribution < -0.4 is 5.73 Å². The third-order valence-electron chi connectivity index (χ3n) is 1.43. The number of hydrogen-bond acceptors (Lipinski definition) is 4. The molecule has 0 aromatic carbocycles. The van der Waals surface area contributed by atoms with Gasteiger partial charge >= 0.3 is 0 Å². The van der Waals surface area contributed by atoms with E-state index in [2.05, 4.69) is 4.98 Å². The molecule has 13 heavy (non-hydrogen) atoms. The lowest BCUT2D eigenvalue weighted by Gasteiger charge is -2.03. The number of aromatic nitrogens is 1. The van der Waals surface area contributed by atoms with Crippen LogP contribution in [-0.2, 0) is 9.84 Å². The third kappa shape index (κ3) is 2.03. The van der Waals surface area contributed by atoms with Crippen LogP contribution in [0.4, 0.5) is 0 Å². The Labute approximate surface area is 76.0 Å². The second-order valence-electron chi connectivity index (χ2n) is 2.54. The van der Waals surface area contributed by atoms with E-state index in [0.717, 1.165) is 6.26 Å². The maximum Gasteiger partial charge on any atom is 0.177 e. The van der Waals surface area contributed by atoms with Gasteiger partial charge in [-0.05, 0) is 12.1 Å². The summed E-state index contributed by atoms with van der Waals surface area (Å²) in [4.78, 5) is 3.70. The minimum atomic E-state index is -3.36. The van der Waals surface area contributed by atoms with E-state index >= 15 is 0 Å². The van der Waals surface area contributed by atoms with Gasteiger partial charge in [0.15, 0.2) is 9.84 Å². The van der Waals surface area contributed by atoms with Crippen molar-refractivity contribution in [3.05, 3.63) is 24.0 Å². The van der Waals surface area contributed by atoms with E-state index in [1.807, 2.05) is 0 Å². The monoisotopic (exact) mass is 199 g/mol. The van der Waals surface area contributed by atoms with Crippen molar-refractivity contribution in [2.24, 2.45) is 5.73 Å². The zero-order valence-corrected chi connectivity index (χ0v) is 7.80. The van der Waals surface area contributed by atoms with Crippen molar-refractivity contribution in [3.63, 3.8) is 0 Å². The summed E-state index contributed by atoms with van der Waals surface area (Å²) in [5.74, 6) is -0.346. The quantitative estimate of drug-likeness (QED) is 0.507. The highest BCUT2D eigenvalue weighted by atomic mass is 32.2. The zero-order valence-electron chi connectivity index (χ0n) is 6.98. The van der Waals surface area contributed by atoms with Crippen molar-refractivity contribution >= 4 is 15.7 Å². The Hall–Kier alpha value is -1.43. The molecule has 0 saturated carbocycles. The molecule has 70 valence electrons. The summed E-state index contributed by atoms with van der Waals surface area (Å²) in [6.07, 6.45) is 2.45. The van der Waals surface area contributed by atoms with E-state index in [9.17, 15) is 8.42 Å². The molecular formula is C7H9N3O2S. The molecule has 0 aliphatic heterocycles. The molecular weight excluding hydrogens is 190 g/mol. The minimum absolute atomic E-state index is 0.00463. The van der Waals surface area contributed by atoms with Gasteiger partial charge < -0.3 is 5.73 Å². The van der Waals surface area contributed by atoms with Crippen LogP contribution in [0.15, 0.2) is 23.2 Å². The minimum Gasteiger partial charge on any atom is -0.382 e. The largest absolute Gasteiger partial charge is 0.382 e. The van der Waals surface area contributed by atoms with Crippen molar-refractivity contribution in [1.29, 1.82) is 5.41 Å². The average molecular weight is 199 g/mol. The summed E-state index contributed by atoms with van der Waals surface area (Å²) in [5, 5.41) is 7.11. The molecule has 6 heteroatoms. The number of amidine groups is 1. The summed E-state index contributed by atoms with van der Waals surface area (Å²) in [5.41, 5.74) is 5.17. The summed E-state index contributed by atoms with van der Waals surface area (Å²) in [6, 6.07) is 2.86. The third-order valence-corrected chi connectivity index (χ3v) is 2.55. The van der Waals surface area contributed by atoms with Gasteiger partial charge in [-0.15, -0.1) is 0 Å². The van der Waals surface area contributed by atoms with Crippen LogP contribution in [0.25, 0.3) is 0 Å². The number of nitrogen functional groups attached to an aromatic ring is 1. The molecule has 5 nitrogen and oxygen atoms in total. The number of nitrogens with zero attached hydrogens (tertiary/aromatic N) is 1. The molecule has 0 radical (unpaired) electrons. The molecule has 1 rings (SSSR count). The first kappa shape index (κ1) is 9.66. The Bertz CT molecular complexity index is 439. The van der Waals surface area contributed by atoms with Gasteiger partial charge in [-0.3, -0.25) is 10.4 Å². The first-order valence-corrected chi connectivity index (χ1v) is 5.31. The second kappa shape index (κ2) is 3.14. The topological polar surface area (TPSA) is 96.9 Å². The lowest BCUT2D eigenvalue weighted by Crippen LogP contribution is -2.17. The average Bonchev–Trinajstić information content (AvgIpc) is 2.03. The maximum absolute atomic E-state index is 11.2. The number of sulfone groups is 1.